The van der Waals surface area contributed by atoms with Gasteiger partial charge in [0, 0.05) is 22.6 Å². The number of carbonyl (C=O) groups is 1. The zero-order chi connectivity index (χ0) is 14.0. The van der Waals surface area contributed by atoms with Crippen LogP contribution in [0.25, 0.3) is 0 Å². The first-order valence-corrected chi connectivity index (χ1v) is 6.01. The molecular formula is C15H17N3O. The fraction of sp³-hybridized carbons (Fsp3) is 0.133. The van der Waals surface area contributed by atoms with Crippen molar-refractivity contribution in [1.29, 1.82) is 0 Å². The summed E-state index contributed by atoms with van der Waals surface area (Å²) in [5, 5.41) is 2.87. The van der Waals surface area contributed by atoms with Gasteiger partial charge in [-0.05, 0) is 49.2 Å². The molecule has 98 valence electrons. The molecule has 0 aliphatic heterocycles. The Morgan fingerprint density at radius 2 is 1.68 bits per heavy atom. The molecule has 0 fully saturated rings. The number of hydrogen-bond acceptors (Lipinski definition) is 3. The van der Waals surface area contributed by atoms with Crippen LogP contribution >= 0.6 is 0 Å². The zero-order valence-electron chi connectivity index (χ0n) is 11.0. The van der Waals surface area contributed by atoms with Crippen molar-refractivity contribution in [2.24, 2.45) is 0 Å². The lowest BCUT2D eigenvalue weighted by Crippen LogP contribution is -2.13. The van der Waals surface area contributed by atoms with Gasteiger partial charge in [0.2, 0.25) is 0 Å². The van der Waals surface area contributed by atoms with E-state index >= 15 is 0 Å². The fourth-order valence-corrected chi connectivity index (χ4v) is 1.89. The number of aryl methyl sites for hydroxylation is 1. The third-order valence-corrected chi connectivity index (χ3v) is 3.09. The van der Waals surface area contributed by atoms with Gasteiger partial charge in [-0.25, -0.2) is 0 Å². The Kier molecular flexibility index (Phi) is 3.42. The van der Waals surface area contributed by atoms with E-state index in [2.05, 4.69) is 5.32 Å². The van der Waals surface area contributed by atoms with Crippen LogP contribution in [0.2, 0.25) is 0 Å². The quantitative estimate of drug-likeness (QED) is 0.722. The molecule has 19 heavy (non-hydrogen) atoms. The highest BCUT2D eigenvalue weighted by molar-refractivity contribution is 6.05. The van der Waals surface area contributed by atoms with E-state index in [-0.39, 0.29) is 5.91 Å². The monoisotopic (exact) mass is 255 g/mol. The summed E-state index contributed by atoms with van der Waals surface area (Å²) in [5.41, 5.74) is 15.8. The molecule has 2 aromatic rings. The number of nitrogens with one attached hydrogen (secondary N) is 1. The Morgan fingerprint density at radius 1 is 1.05 bits per heavy atom. The van der Waals surface area contributed by atoms with Crippen molar-refractivity contribution in [1.82, 2.24) is 0 Å². The number of anilines is 3. The van der Waals surface area contributed by atoms with E-state index in [4.69, 9.17) is 11.5 Å². The van der Waals surface area contributed by atoms with Crippen LogP contribution in [0.1, 0.15) is 21.5 Å². The third-order valence-electron chi connectivity index (χ3n) is 3.09. The van der Waals surface area contributed by atoms with Crippen molar-refractivity contribution in [2.75, 3.05) is 16.8 Å². The van der Waals surface area contributed by atoms with Gasteiger partial charge in [0.05, 0.1) is 0 Å². The summed E-state index contributed by atoms with van der Waals surface area (Å²) in [5.74, 6) is -0.215. The lowest BCUT2D eigenvalue weighted by molar-refractivity contribution is 0.102. The van der Waals surface area contributed by atoms with Gasteiger partial charge in [0.15, 0.2) is 0 Å². The number of nitrogens with two attached hydrogens (primary N) is 2. The van der Waals surface area contributed by atoms with Gasteiger partial charge in [-0.2, -0.15) is 0 Å². The molecule has 5 N–H and O–H groups in total. The van der Waals surface area contributed by atoms with Gasteiger partial charge < -0.3 is 16.8 Å². The minimum Gasteiger partial charge on any atom is -0.399 e. The van der Waals surface area contributed by atoms with Gasteiger partial charge in [0.25, 0.3) is 5.91 Å². The van der Waals surface area contributed by atoms with Crippen molar-refractivity contribution in [3.63, 3.8) is 0 Å². The molecule has 0 aliphatic carbocycles. The van der Waals surface area contributed by atoms with Crippen LogP contribution < -0.4 is 16.8 Å². The van der Waals surface area contributed by atoms with Crippen LogP contribution in [-0.4, -0.2) is 5.91 Å². The molecule has 0 bridgehead atoms. The van der Waals surface area contributed by atoms with Crippen LogP contribution in [-0.2, 0) is 0 Å². The summed E-state index contributed by atoms with van der Waals surface area (Å²) in [6.45, 7) is 3.97. The van der Waals surface area contributed by atoms with Gasteiger partial charge in [-0.15, -0.1) is 0 Å². The molecule has 4 nitrogen and oxygen atoms in total. The second kappa shape index (κ2) is 5.02. The van der Waals surface area contributed by atoms with E-state index in [1.807, 2.05) is 32.0 Å². The van der Waals surface area contributed by atoms with E-state index < -0.39 is 0 Å². The molecule has 4 heteroatoms. The maximum atomic E-state index is 12.2. The summed E-state index contributed by atoms with van der Waals surface area (Å²) in [4.78, 5) is 12.2. The predicted octanol–water partition coefficient (Wildman–Crippen LogP) is 2.72. The predicted molar refractivity (Wildman–Crippen MR) is 79.1 cm³/mol. The Bertz CT molecular complexity index is 615. The number of rotatable bonds is 2. The van der Waals surface area contributed by atoms with Crippen molar-refractivity contribution in [3.8, 4) is 0 Å². The Balaban J connectivity index is 2.28. The first-order valence-electron chi connectivity index (χ1n) is 6.01. The van der Waals surface area contributed by atoms with Crippen molar-refractivity contribution in [3.05, 3.63) is 53.1 Å². The summed E-state index contributed by atoms with van der Waals surface area (Å²) >= 11 is 0. The van der Waals surface area contributed by atoms with E-state index in [1.54, 1.807) is 18.2 Å². The maximum absolute atomic E-state index is 12.2. The average molecular weight is 255 g/mol. The van der Waals surface area contributed by atoms with Gasteiger partial charge in [0.1, 0.15) is 0 Å². The molecular weight excluding hydrogens is 238 g/mol. The number of hydrogen-bond donors (Lipinski definition) is 3. The number of nitrogen functional groups attached to an aromatic ring is 2. The largest absolute Gasteiger partial charge is 0.399 e. The van der Waals surface area contributed by atoms with E-state index in [9.17, 15) is 4.79 Å². The normalized spacial score (nSPS) is 10.2. The van der Waals surface area contributed by atoms with E-state index in [0.717, 1.165) is 16.8 Å². The minimum atomic E-state index is -0.215. The summed E-state index contributed by atoms with van der Waals surface area (Å²) in [7, 11) is 0. The highest BCUT2D eigenvalue weighted by Crippen LogP contribution is 2.20. The van der Waals surface area contributed by atoms with Crippen LogP contribution in [0, 0.1) is 13.8 Å². The first kappa shape index (κ1) is 13.0. The smallest absolute Gasteiger partial charge is 0.255 e. The molecule has 0 atom stereocenters. The van der Waals surface area contributed by atoms with E-state index in [1.165, 1.54) is 0 Å². The summed E-state index contributed by atoms with van der Waals surface area (Å²) in [6, 6.07) is 10.6. The molecule has 0 saturated carbocycles. The molecule has 0 heterocycles. The molecule has 0 aliphatic rings. The maximum Gasteiger partial charge on any atom is 0.255 e. The number of carbonyl (C=O) groups excluding carboxylic acids is 1. The molecule has 1 amide bonds. The number of amides is 1. The zero-order valence-corrected chi connectivity index (χ0v) is 11.0. The molecule has 2 aromatic carbocycles. The first-order chi connectivity index (χ1) is 8.97. The molecule has 0 spiro atoms. The topological polar surface area (TPSA) is 81.1 Å². The molecule has 0 unspecified atom stereocenters. The summed E-state index contributed by atoms with van der Waals surface area (Å²) in [6.07, 6.45) is 0. The van der Waals surface area contributed by atoms with Crippen molar-refractivity contribution >= 4 is 23.0 Å². The van der Waals surface area contributed by atoms with Crippen LogP contribution in [0.4, 0.5) is 17.1 Å². The number of benzene rings is 2. The van der Waals surface area contributed by atoms with Gasteiger partial charge in [-0.1, -0.05) is 12.1 Å². The molecule has 2 rings (SSSR count). The average Bonchev–Trinajstić information content (AvgIpc) is 2.33. The molecule has 0 aromatic heterocycles. The molecule has 0 saturated heterocycles. The molecule has 0 radical (unpaired) electrons. The van der Waals surface area contributed by atoms with Gasteiger partial charge >= 0.3 is 0 Å². The Hall–Kier alpha value is -2.49. The summed E-state index contributed by atoms with van der Waals surface area (Å²) < 4.78 is 0. The van der Waals surface area contributed by atoms with Crippen LogP contribution in [0.5, 0.6) is 0 Å². The highest BCUT2D eigenvalue weighted by atomic mass is 16.1. The third kappa shape index (κ3) is 2.85. The Morgan fingerprint density at radius 3 is 2.32 bits per heavy atom. The minimum absolute atomic E-state index is 0.215. The Labute approximate surface area is 112 Å². The second-order valence-electron chi connectivity index (χ2n) is 4.59. The van der Waals surface area contributed by atoms with E-state index in [0.29, 0.717) is 16.9 Å². The van der Waals surface area contributed by atoms with Crippen LogP contribution in [0.3, 0.4) is 0 Å². The standard InChI is InChI=1S/C15H17N3O/c1-9-4-3-5-14(10(9)2)18-15(19)11-6-12(16)8-13(17)7-11/h3-8H,16-17H2,1-2H3,(H,18,19). The second-order valence-corrected chi connectivity index (χ2v) is 4.59. The SMILES string of the molecule is Cc1cccc(NC(=O)c2cc(N)cc(N)c2)c1C. The van der Waals surface area contributed by atoms with Crippen LogP contribution in [0.15, 0.2) is 36.4 Å². The van der Waals surface area contributed by atoms with Crippen molar-refractivity contribution < 1.29 is 4.79 Å². The fourth-order valence-electron chi connectivity index (χ4n) is 1.89. The lowest BCUT2D eigenvalue weighted by Gasteiger charge is -2.11. The van der Waals surface area contributed by atoms with Crippen molar-refractivity contribution in [2.45, 2.75) is 13.8 Å². The highest BCUT2D eigenvalue weighted by Gasteiger charge is 2.09. The lowest BCUT2D eigenvalue weighted by atomic mass is 10.1. The van der Waals surface area contributed by atoms with Gasteiger partial charge in [-0.3, -0.25) is 4.79 Å².